The zero-order chi connectivity index (χ0) is 7.82. The summed E-state index contributed by atoms with van der Waals surface area (Å²) in [5.41, 5.74) is 0. The maximum Gasteiger partial charge on any atom is 0.407 e. The summed E-state index contributed by atoms with van der Waals surface area (Å²) in [6.07, 6.45) is 2.63. The van der Waals surface area contributed by atoms with Gasteiger partial charge < -0.3 is 10.1 Å². The van der Waals surface area contributed by atoms with E-state index < -0.39 is 6.09 Å². The van der Waals surface area contributed by atoms with Crippen LogP contribution in [-0.2, 0) is 4.74 Å². The molecule has 0 aromatic rings. The Morgan fingerprint density at radius 3 is 2.90 bits per heavy atom. The molecule has 0 heterocycles. The van der Waals surface area contributed by atoms with Crippen molar-refractivity contribution in [2.45, 2.75) is 26.2 Å². The number of hydrogen-bond acceptors (Lipinski definition) is 2. The summed E-state index contributed by atoms with van der Waals surface area (Å²) in [6.45, 7) is 3.62. The van der Waals surface area contributed by atoms with Gasteiger partial charge in [0.05, 0.1) is 0 Å². The SMILES string of the molecule is CCCC[CH]OC(=O)NC. The first-order valence-corrected chi connectivity index (χ1v) is 3.51. The topological polar surface area (TPSA) is 38.3 Å². The van der Waals surface area contributed by atoms with Gasteiger partial charge in [-0.1, -0.05) is 13.3 Å². The van der Waals surface area contributed by atoms with E-state index in [1.807, 2.05) is 0 Å². The van der Waals surface area contributed by atoms with Crippen LogP contribution < -0.4 is 5.32 Å². The molecule has 3 heteroatoms. The van der Waals surface area contributed by atoms with Crippen molar-refractivity contribution in [3.8, 4) is 0 Å². The summed E-state index contributed by atoms with van der Waals surface area (Å²) < 4.78 is 4.62. The lowest BCUT2D eigenvalue weighted by molar-refractivity contribution is 0.171. The number of rotatable bonds is 4. The number of nitrogens with one attached hydrogen (secondary N) is 1. The molecule has 0 aliphatic carbocycles. The molecule has 0 fully saturated rings. The van der Waals surface area contributed by atoms with E-state index in [-0.39, 0.29) is 0 Å². The van der Waals surface area contributed by atoms with E-state index in [0.29, 0.717) is 0 Å². The summed E-state index contributed by atoms with van der Waals surface area (Å²) in [7, 11) is 1.54. The molecule has 1 N–H and O–H groups in total. The molecular formula is C7H14NO2. The molecule has 3 nitrogen and oxygen atoms in total. The van der Waals surface area contributed by atoms with Gasteiger partial charge in [0.15, 0.2) is 0 Å². The first-order valence-electron chi connectivity index (χ1n) is 3.51. The Bertz CT molecular complexity index is 93.6. The van der Waals surface area contributed by atoms with E-state index in [1.165, 1.54) is 13.7 Å². The number of hydrogen-bond donors (Lipinski definition) is 1. The smallest absolute Gasteiger partial charge is 0.407 e. The first kappa shape index (κ1) is 9.27. The normalized spacial score (nSPS) is 9.00. The summed E-state index contributed by atoms with van der Waals surface area (Å²) in [5.74, 6) is 0. The van der Waals surface area contributed by atoms with Crippen LogP contribution in [0.1, 0.15) is 26.2 Å². The summed E-state index contributed by atoms with van der Waals surface area (Å²) in [6, 6.07) is 0. The van der Waals surface area contributed by atoms with Crippen LogP contribution in [0, 0.1) is 6.61 Å². The zero-order valence-electron chi connectivity index (χ0n) is 6.52. The van der Waals surface area contributed by atoms with Gasteiger partial charge in [0.2, 0.25) is 0 Å². The average molecular weight is 144 g/mol. The molecule has 0 saturated heterocycles. The highest BCUT2D eigenvalue weighted by molar-refractivity contribution is 5.66. The molecule has 59 valence electrons. The first-order chi connectivity index (χ1) is 4.81. The third kappa shape index (κ3) is 5.41. The van der Waals surface area contributed by atoms with Crippen molar-refractivity contribution in [1.29, 1.82) is 0 Å². The van der Waals surface area contributed by atoms with Gasteiger partial charge in [-0.15, -0.1) is 0 Å². The third-order valence-corrected chi connectivity index (χ3v) is 1.07. The number of amides is 1. The van der Waals surface area contributed by atoms with Crippen LogP contribution in [0.2, 0.25) is 0 Å². The van der Waals surface area contributed by atoms with Crippen LogP contribution in [0.25, 0.3) is 0 Å². The standard InChI is InChI=1S/C7H14NO2/c1-3-4-5-6-10-7(9)8-2/h6H,3-5H2,1-2H3,(H,8,9). The molecule has 0 rings (SSSR count). The lowest BCUT2D eigenvalue weighted by atomic mass is 10.3. The van der Waals surface area contributed by atoms with Crippen LogP contribution in [-0.4, -0.2) is 13.1 Å². The molecule has 0 atom stereocenters. The Morgan fingerprint density at radius 1 is 1.70 bits per heavy atom. The number of alkyl carbamates (subject to hydrolysis) is 1. The van der Waals surface area contributed by atoms with Gasteiger partial charge in [0, 0.05) is 7.05 Å². The highest BCUT2D eigenvalue weighted by Crippen LogP contribution is 1.98. The maximum atomic E-state index is 10.4. The molecule has 0 aliphatic rings. The van der Waals surface area contributed by atoms with Crippen molar-refractivity contribution >= 4 is 6.09 Å². The molecule has 0 bridgehead atoms. The van der Waals surface area contributed by atoms with E-state index in [0.717, 1.165) is 19.3 Å². The maximum absolute atomic E-state index is 10.4. The molecule has 0 unspecified atom stereocenters. The summed E-state index contributed by atoms with van der Waals surface area (Å²) >= 11 is 0. The van der Waals surface area contributed by atoms with Gasteiger partial charge in [-0.25, -0.2) is 4.79 Å². The molecule has 0 spiro atoms. The molecule has 0 aliphatic heterocycles. The molecule has 1 radical (unpaired) electrons. The van der Waals surface area contributed by atoms with Gasteiger partial charge in [0.25, 0.3) is 0 Å². The second-order valence-electron chi connectivity index (χ2n) is 1.96. The Labute approximate surface area is 61.8 Å². The van der Waals surface area contributed by atoms with Gasteiger partial charge in [0.1, 0.15) is 6.61 Å². The molecule has 0 aromatic heterocycles. The van der Waals surface area contributed by atoms with E-state index in [2.05, 4.69) is 17.0 Å². The van der Waals surface area contributed by atoms with Crippen molar-refractivity contribution < 1.29 is 9.53 Å². The van der Waals surface area contributed by atoms with Crippen LogP contribution in [0.3, 0.4) is 0 Å². The van der Waals surface area contributed by atoms with Gasteiger partial charge in [-0.3, -0.25) is 0 Å². The Balaban J connectivity index is 2.96. The predicted molar refractivity (Wildman–Crippen MR) is 39.4 cm³/mol. The lowest BCUT2D eigenvalue weighted by Gasteiger charge is -2.00. The van der Waals surface area contributed by atoms with E-state index >= 15 is 0 Å². The minimum absolute atomic E-state index is 0.392. The lowest BCUT2D eigenvalue weighted by Crippen LogP contribution is -2.17. The molecule has 1 amide bonds. The summed E-state index contributed by atoms with van der Waals surface area (Å²) in [5, 5.41) is 2.35. The number of carbonyl (C=O) groups is 1. The minimum Gasteiger partial charge on any atom is -0.442 e. The van der Waals surface area contributed by atoms with E-state index in [1.54, 1.807) is 0 Å². The predicted octanol–water partition coefficient (Wildman–Crippen LogP) is 1.69. The van der Waals surface area contributed by atoms with Crippen molar-refractivity contribution in [2.75, 3.05) is 7.05 Å². The fourth-order valence-corrected chi connectivity index (χ4v) is 0.481. The fraction of sp³-hybridized carbons (Fsp3) is 0.714. The molecular weight excluding hydrogens is 130 g/mol. The van der Waals surface area contributed by atoms with Crippen molar-refractivity contribution in [3.63, 3.8) is 0 Å². The van der Waals surface area contributed by atoms with Gasteiger partial charge >= 0.3 is 6.09 Å². The Morgan fingerprint density at radius 2 is 2.40 bits per heavy atom. The monoisotopic (exact) mass is 144 g/mol. The van der Waals surface area contributed by atoms with Gasteiger partial charge in [-0.05, 0) is 12.8 Å². The highest BCUT2D eigenvalue weighted by Gasteiger charge is 1.95. The van der Waals surface area contributed by atoms with Crippen molar-refractivity contribution in [3.05, 3.63) is 6.61 Å². The average Bonchev–Trinajstić information content (AvgIpc) is 1.98. The number of carbonyl (C=O) groups excluding carboxylic acids is 1. The Hall–Kier alpha value is -0.730. The second-order valence-corrected chi connectivity index (χ2v) is 1.96. The van der Waals surface area contributed by atoms with Crippen LogP contribution in [0.5, 0.6) is 0 Å². The van der Waals surface area contributed by atoms with Crippen LogP contribution in [0.15, 0.2) is 0 Å². The van der Waals surface area contributed by atoms with Crippen LogP contribution >= 0.6 is 0 Å². The quantitative estimate of drug-likeness (QED) is 0.610. The van der Waals surface area contributed by atoms with E-state index in [9.17, 15) is 4.79 Å². The Kier molecular flexibility index (Phi) is 5.92. The number of unbranched alkanes of at least 4 members (excludes halogenated alkanes) is 2. The second kappa shape index (κ2) is 6.39. The minimum atomic E-state index is -0.392. The van der Waals surface area contributed by atoms with Crippen molar-refractivity contribution in [1.82, 2.24) is 5.32 Å². The van der Waals surface area contributed by atoms with E-state index in [4.69, 9.17) is 0 Å². The third-order valence-electron chi connectivity index (χ3n) is 1.07. The highest BCUT2D eigenvalue weighted by atomic mass is 16.5. The van der Waals surface area contributed by atoms with Crippen molar-refractivity contribution in [2.24, 2.45) is 0 Å². The fourth-order valence-electron chi connectivity index (χ4n) is 0.481. The molecule has 0 aromatic carbocycles. The summed E-state index contributed by atoms with van der Waals surface area (Å²) in [4.78, 5) is 10.4. The van der Waals surface area contributed by atoms with Gasteiger partial charge in [-0.2, -0.15) is 0 Å². The van der Waals surface area contributed by atoms with Crippen LogP contribution in [0.4, 0.5) is 4.79 Å². The largest absolute Gasteiger partial charge is 0.442 e. The molecule has 10 heavy (non-hydrogen) atoms. The number of ether oxygens (including phenoxy) is 1. The zero-order valence-corrected chi connectivity index (χ0v) is 6.52. The molecule has 0 saturated carbocycles.